The molecule has 0 spiro atoms. The number of benzene rings is 1. The van der Waals surface area contributed by atoms with E-state index < -0.39 is 0 Å². The molecule has 0 unspecified atom stereocenters. The standard InChI is InChI=1S/C16H13FN4S/c1-3-9-11(17)6-14-10(7-18-21-14)15(9)12-4-5-13-16(20-12)22-8(2)19-13/h4-7H,3H2,1-2H3,(H,18,21). The zero-order chi connectivity index (χ0) is 15.3. The zero-order valence-electron chi connectivity index (χ0n) is 12.1. The Morgan fingerprint density at radius 2 is 2.14 bits per heavy atom. The van der Waals surface area contributed by atoms with Crippen molar-refractivity contribution in [2.24, 2.45) is 0 Å². The van der Waals surface area contributed by atoms with Gasteiger partial charge in [-0.05, 0) is 37.1 Å². The molecule has 0 aliphatic heterocycles. The predicted molar refractivity (Wildman–Crippen MR) is 86.6 cm³/mol. The molecular weight excluding hydrogens is 299 g/mol. The fourth-order valence-corrected chi connectivity index (χ4v) is 3.59. The summed E-state index contributed by atoms with van der Waals surface area (Å²) in [6.45, 7) is 3.91. The molecule has 0 aliphatic carbocycles. The molecular formula is C16H13FN4S. The van der Waals surface area contributed by atoms with Gasteiger partial charge in [-0.15, -0.1) is 0 Å². The van der Waals surface area contributed by atoms with Crippen LogP contribution >= 0.6 is 11.3 Å². The minimum absolute atomic E-state index is 0.225. The number of hydrogen-bond donors (Lipinski definition) is 1. The third kappa shape index (κ3) is 1.91. The zero-order valence-corrected chi connectivity index (χ0v) is 13.0. The third-order valence-corrected chi connectivity index (χ3v) is 4.65. The van der Waals surface area contributed by atoms with Gasteiger partial charge in [-0.1, -0.05) is 18.3 Å². The molecule has 0 aliphatic rings. The summed E-state index contributed by atoms with van der Waals surface area (Å²) in [4.78, 5) is 9.99. The first-order valence-electron chi connectivity index (χ1n) is 7.06. The second-order valence-corrected chi connectivity index (χ2v) is 6.33. The molecule has 0 amide bonds. The Labute approximate surface area is 130 Å². The van der Waals surface area contributed by atoms with Crippen LogP contribution in [0.3, 0.4) is 0 Å². The summed E-state index contributed by atoms with van der Waals surface area (Å²) in [5.74, 6) is -0.225. The Bertz CT molecular complexity index is 1000. The van der Waals surface area contributed by atoms with Crippen LogP contribution in [0, 0.1) is 12.7 Å². The molecule has 0 saturated carbocycles. The van der Waals surface area contributed by atoms with Crippen molar-refractivity contribution in [1.82, 2.24) is 20.2 Å². The van der Waals surface area contributed by atoms with Crippen LogP contribution in [0.5, 0.6) is 0 Å². The fraction of sp³-hybridized carbons (Fsp3) is 0.188. The second-order valence-electron chi connectivity index (χ2n) is 5.15. The van der Waals surface area contributed by atoms with Crippen molar-refractivity contribution in [3.05, 3.63) is 40.8 Å². The molecule has 4 nitrogen and oxygen atoms in total. The molecule has 1 N–H and O–H groups in total. The van der Waals surface area contributed by atoms with Gasteiger partial charge in [0.2, 0.25) is 0 Å². The molecule has 4 aromatic rings. The van der Waals surface area contributed by atoms with Crippen molar-refractivity contribution in [2.75, 3.05) is 0 Å². The van der Waals surface area contributed by atoms with E-state index in [4.69, 9.17) is 4.98 Å². The van der Waals surface area contributed by atoms with Crippen LogP contribution in [-0.4, -0.2) is 20.2 Å². The van der Waals surface area contributed by atoms with E-state index in [-0.39, 0.29) is 5.82 Å². The van der Waals surface area contributed by atoms with Crippen LogP contribution in [-0.2, 0) is 6.42 Å². The van der Waals surface area contributed by atoms with Gasteiger partial charge in [-0.2, -0.15) is 5.10 Å². The van der Waals surface area contributed by atoms with E-state index in [9.17, 15) is 4.39 Å². The van der Waals surface area contributed by atoms with Crippen molar-refractivity contribution >= 4 is 32.6 Å². The largest absolute Gasteiger partial charge is 0.278 e. The first-order chi connectivity index (χ1) is 10.7. The number of H-pyrrole nitrogens is 1. The van der Waals surface area contributed by atoms with Crippen molar-refractivity contribution in [3.8, 4) is 11.3 Å². The Morgan fingerprint density at radius 3 is 2.95 bits per heavy atom. The lowest BCUT2D eigenvalue weighted by atomic mass is 9.97. The highest BCUT2D eigenvalue weighted by molar-refractivity contribution is 7.18. The Kier molecular flexibility index (Phi) is 2.94. The molecule has 0 radical (unpaired) electrons. The molecule has 0 saturated heterocycles. The number of aromatic nitrogens is 4. The first kappa shape index (κ1) is 13.3. The molecule has 6 heteroatoms. The molecule has 1 aromatic carbocycles. The molecule has 3 heterocycles. The lowest BCUT2D eigenvalue weighted by Gasteiger charge is -2.10. The smallest absolute Gasteiger partial charge is 0.144 e. The van der Waals surface area contributed by atoms with Gasteiger partial charge in [0.25, 0.3) is 0 Å². The van der Waals surface area contributed by atoms with E-state index in [1.807, 2.05) is 26.0 Å². The van der Waals surface area contributed by atoms with Crippen LogP contribution in [0.2, 0.25) is 0 Å². The topological polar surface area (TPSA) is 54.5 Å². The molecule has 3 aromatic heterocycles. The first-order valence-corrected chi connectivity index (χ1v) is 7.88. The average molecular weight is 312 g/mol. The van der Waals surface area contributed by atoms with Crippen LogP contribution < -0.4 is 0 Å². The lowest BCUT2D eigenvalue weighted by Crippen LogP contribution is -1.96. The Hall–Kier alpha value is -2.34. The van der Waals surface area contributed by atoms with Crippen molar-refractivity contribution < 1.29 is 4.39 Å². The summed E-state index contributed by atoms with van der Waals surface area (Å²) < 4.78 is 14.4. The number of thiazole rings is 1. The second kappa shape index (κ2) is 4.84. The minimum atomic E-state index is -0.225. The highest BCUT2D eigenvalue weighted by atomic mass is 32.1. The van der Waals surface area contributed by atoms with Gasteiger partial charge in [0, 0.05) is 10.9 Å². The summed E-state index contributed by atoms with van der Waals surface area (Å²) >= 11 is 1.55. The van der Waals surface area contributed by atoms with Crippen LogP contribution in [0.4, 0.5) is 4.39 Å². The predicted octanol–water partition coefficient (Wildman–Crippen LogP) is 4.24. The SMILES string of the molecule is CCc1c(F)cc2[nH]ncc2c1-c1ccc2nc(C)sc2n1. The summed E-state index contributed by atoms with van der Waals surface area (Å²) in [6, 6.07) is 5.35. The van der Waals surface area contributed by atoms with Crippen molar-refractivity contribution in [2.45, 2.75) is 20.3 Å². The van der Waals surface area contributed by atoms with Gasteiger partial charge in [-0.3, -0.25) is 5.10 Å². The highest BCUT2D eigenvalue weighted by Crippen LogP contribution is 2.34. The molecule has 22 heavy (non-hydrogen) atoms. The van der Waals surface area contributed by atoms with Crippen molar-refractivity contribution in [3.63, 3.8) is 0 Å². The number of pyridine rings is 1. The van der Waals surface area contributed by atoms with E-state index in [1.165, 1.54) is 6.07 Å². The van der Waals surface area contributed by atoms with Gasteiger partial charge < -0.3 is 0 Å². The van der Waals surface area contributed by atoms with Gasteiger partial charge in [0.15, 0.2) is 0 Å². The van der Waals surface area contributed by atoms with E-state index in [1.54, 1.807) is 17.5 Å². The van der Waals surface area contributed by atoms with E-state index in [2.05, 4.69) is 15.2 Å². The van der Waals surface area contributed by atoms with Crippen LogP contribution in [0.15, 0.2) is 24.4 Å². The fourth-order valence-electron chi connectivity index (χ4n) is 2.80. The lowest BCUT2D eigenvalue weighted by molar-refractivity contribution is 0.614. The maximum absolute atomic E-state index is 14.4. The Balaban J connectivity index is 2.07. The summed E-state index contributed by atoms with van der Waals surface area (Å²) in [6.07, 6.45) is 2.33. The van der Waals surface area contributed by atoms with E-state index in [0.717, 1.165) is 32.0 Å². The van der Waals surface area contributed by atoms with Gasteiger partial charge >= 0.3 is 0 Å². The molecule has 0 fully saturated rings. The Morgan fingerprint density at radius 1 is 1.27 bits per heavy atom. The minimum Gasteiger partial charge on any atom is -0.278 e. The molecule has 0 bridgehead atoms. The van der Waals surface area contributed by atoms with Gasteiger partial charge in [0.05, 0.1) is 22.4 Å². The summed E-state index contributed by atoms with van der Waals surface area (Å²) in [5, 5.41) is 8.75. The number of aromatic amines is 1. The molecule has 4 rings (SSSR count). The number of hydrogen-bond acceptors (Lipinski definition) is 4. The average Bonchev–Trinajstić information content (AvgIpc) is 3.09. The quantitative estimate of drug-likeness (QED) is 0.602. The number of nitrogens with one attached hydrogen (secondary N) is 1. The number of fused-ring (bicyclic) bond motifs is 2. The maximum Gasteiger partial charge on any atom is 0.144 e. The highest BCUT2D eigenvalue weighted by Gasteiger charge is 2.17. The van der Waals surface area contributed by atoms with Crippen molar-refractivity contribution in [1.29, 1.82) is 0 Å². The molecule has 0 atom stereocenters. The monoisotopic (exact) mass is 312 g/mol. The number of nitrogens with zero attached hydrogens (tertiary/aromatic N) is 3. The van der Waals surface area contributed by atoms with Crippen LogP contribution in [0.25, 0.3) is 32.5 Å². The number of rotatable bonds is 2. The third-order valence-electron chi connectivity index (χ3n) is 3.77. The van der Waals surface area contributed by atoms with Crippen LogP contribution in [0.1, 0.15) is 17.5 Å². The van der Waals surface area contributed by atoms with E-state index in [0.29, 0.717) is 17.5 Å². The van der Waals surface area contributed by atoms with Gasteiger partial charge in [-0.25, -0.2) is 14.4 Å². The summed E-state index contributed by atoms with van der Waals surface area (Å²) in [5.41, 5.74) is 3.82. The summed E-state index contributed by atoms with van der Waals surface area (Å²) in [7, 11) is 0. The molecule has 110 valence electrons. The number of halogens is 1. The number of aryl methyl sites for hydroxylation is 1. The maximum atomic E-state index is 14.4. The van der Waals surface area contributed by atoms with Gasteiger partial charge in [0.1, 0.15) is 16.2 Å². The van der Waals surface area contributed by atoms with E-state index >= 15 is 0 Å². The normalized spacial score (nSPS) is 11.6.